The number of hydrogen-bond acceptors (Lipinski definition) is 5. The standard InChI is InChI=1S/C23H23Cl2NO5/c1-13(2)31-11-10-26-20(14-4-6-15(24)7-5-14)19(22(28)23(26)29)21(27)17-12-16(25)8-9-18(17)30-3/h4-9,12-13,20,27H,10-11H2,1-3H3/b21-19+. The van der Waals surface area contributed by atoms with E-state index in [0.717, 1.165) is 0 Å². The maximum absolute atomic E-state index is 13.0. The van der Waals surface area contributed by atoms with Crippen LogP contribution in [-0.4, -0.2) is 48.1 Å². The molecular formula is C23H23Cl2NO5. The van der Waals surface area contributed by atoms with E-state index in [1.165, 1.54) is 18.1 Å². The normalized spacial score (nSPS) is 18.1. The van der Waals surface area contributed by atoms with Crippen molar-refractivity contribution >= 4 is 40.7 Å². The van der Waals surface area contributed by atoms with E-state index in [2.05, 4.69) is 0 Å². The summed E-state index contributed by atoms with van der Waals surface area (Å²) in [6, 6.07) is 10.6. The van der Waals surface area contributed by atoms with Gasteiger partial charge in [0.1, 0.15) is 11.5 Å². The molecule has 1 saturated heterocycles. The number of likely N-dealkylation sites (tertiary alicyclic amines) is 1. The van der Waals surface area contributed by atoms with Crippen LogP contribution >= 0.6 is 23.2 Å². The lowest BCUT2D eigenvalue weighted by molar-refractivity contribution is -0.140. The number of benzene rings is 2. The molecule has 1 amide bonds. The van der Waals surface area contributed by atoms with Crippen LogP contribution in [0.2, 0.25) is 10.0 Å². The minimum Gasteiger partial charge on any atom is -0.507 e. The molecule has 164 valence electrons. The number of amides is 1. The smallest absolute Gasteiger partial charge is 0.295 e. The molecule has 8 heteroatoms. The Morgan fingerprint density at radius 2 is 1.74 bits per heavy atom. The Morgan fingerprint density at radius 3 is 2.35 bits per heavy atom. The first-order valence-electron chi connectivity index (χ1n) is 9.74. The zero-order valence-corrected chi connectivity index (χ0v) is 18.9. The highest BCUT2D eigenvalue weighted by Gasteiger charge is 2.46. The third-order valence-electron chi connectivity index (χ3n) is 4.93. The highest BCUT2D eigenvalue weighted by molar-refractivity contribution is 6.46. The first-order valence-corrected chi connectivity index (χ1v) is 10.5. The molecule has 1 atom stereocenters. The zero-order valence-electron chi connectivity index (χ0n) is 17.4. The summed E-state index contributed by atoms with van der Waals surface area (Å²) in [7, 11) is 1.44. The van der Waals surface area contributed by atoms with Gasteiger partial charge in [-0.05, 0) is 49.7 Å². The van der Waals surface area contributed by atoms with Crippen molar-refractivity contribution in [3.05, 3.63) is 69.2 Å². The van der Waals surface area contributed by atoms with E-state index < -0.39 is 17.7 Å². The van der Waals surface area contributed by atoms with Crippen LogP contribution in [0.1, 0.15) is 31.0 Å². The van der Waals surface area contributed by atoms with Gasteiger partial charge in [-0.1, -0.05) is 35.3 Å². The van der Waals surface area contributed by atoms with Crippen LogP contribution in [-0.2, 0) is 14.3 Å². The number of Topliss-reactive ketones (excluding diaryl/α,β-unsaturated/α-hetero) is 1. The molecule has 2 aromatic carbocycles. The maximum atomic E-state index is 13.0. The summed E-state index contributed by atoms with van der Waals surface area (Å²) in [5.74, 6) is -1.53. The number of carbonyl (C=O) groups is 2. The van der Waals surface area contributed by atoms with E-state index in [1.54, 1.807) is 36.4 Å². The molecule has 6 nitrogen and oxygen atoms in total. The van der Waals surface area contributed by atoms with Gasteiger partial charge in [0.25, 0.3) is 11.7 Å². The number of methoxy groups -OCH3 is 1. The zero-order chi connectivity index (χ0) is 22.7. The molecular weight excluding hydrogens is 441 g/mol. The van der Waals surface area contributed by atoms with Gasteiger partial charge in [-0.3, -0.25) is 9.59 Å². The molecule has 1 fully saturated rings. The minimum absolute atomic E-state index is 0.0264. The van der Waals surface area contributed by atoms with Gasteiger partial charge in [0.15, 0.2) is 0 Å². The third-order valence-corrected chi connectivity index (χ3v) is 5.41. The lowest BCUT2D eigenvalue weighted by Crippen LogP contribution is -2.33. The lowest BCUT2D eigenvalue weighted by Gasteiger charge is -2.26. The Kier molecular flexibility index (Phi) is 7.26. The Balaban J connectivity index is 2.15. The molecule has 1 aliphatic heterocycles. The second-order valence-electron chi connectivity index (χ2n) is 7.31. The van der Waals surface area contributed by atoms with Crippen molar-refractivity contribution in [3.8, 4) is 5.75 Å². The molecule has 0 spiro atoms. The van der Waals surface area contributed by atoms with Crippen LogP contribution in [0.5, 0.6) is 5.75 Å². The molecule has 1 heterocycles. The van der Waals surface area contributed by atoms with Crippen molar-refractivity contribution in [2.24, 2.45) is 0 Å². The molecule has 3 rings (SSSR count). The van der Waals surface area contributed by atoms with Crippen molar-refractivity contribution in [2.75, 3.05) is 20.3 Å². The molecule has 0 aliphatic carbocycles. The topological polar surface area (TPSA) is 76.1 Å². The van der Waals surface area contributed by atoms with Gasteiger partial charge in [-0.2, -0.15) is 0 Å². The number of hydrogen-bond donors (Lipinski definition) is 1. The van der Waals surface area contributed by atoms with Gasteiger partial charge in [-0.15, -0.1) is 0 Å². The van der Waals surface area contributed by atoms with Crippen LogP contribution < -0.4 is 4.74 Å². The Labute approximate surface area is 191 Å². The summed E-state index contributed by atoms with van der Waals surface area (Å²) in [6.07, 6.45) is -0.0264. The lowest BCUT2D eigenvalue weighted by atomic mass is 9.95. The van der Waals surface area contributed by atoms with E-state index in [0.29, 0.717) is 21.4 Å². The van der Waals surface area contributed by atoms with E-state index in [-0.39, 0.29) is 36.2 Å². The highest BCUT2D eigenvalue weighted by Crippen LogP contribution is 2.41. The summed E-state index contributed by atoms with van der Waals surface area (Å²) < 4.78 is 10.9. The number of rotatable bonds is 7. The van der Waals surface area contributed by atoms with E-state index in [9.17, 15) is 14.7 Å². The molecule has 0 bridgehead atoms. The minimum atomic E-state index is -0.809. The fourth-order valence-corrected chi connectivity index (χ4v) is 3.80. The summed E-state index contributed by atoms with van der Waals surface area (Å²) >= 11 is 12.1. The van der Waals surface area contributed by atoms with Gasteiger partial charge < -0.3 is 19.5 Å². The van der Waals surface area contributed by atoms with E-state index in [1.807, 2.05) is 13.8 Å². The maximum Gasteiger partial charge on any atom is 0.295 e. The molecule has 1 N–H and O–H groups in total. The number of halogens is 2. The molecule has 0 aromatic heterocycles. The Bertz CT molecular complexity index is 1020. The number of carbonyl (C=O) groups excluding carboxylic acids is 2. The molecule has 2 aromatic rings. The summed E-state index contributed by atoms with van der Waals surface area (Å²) in [6.45, 7) is 4.20. The van der Waals surface area contributed by atoms with Crippen LogP contribution in [0.15, 0.2) is 48.0 Å². The molecule has 0 radical (unpaired) electrons. The average Bonchev–Trinajstić information content (AvgIpc) is 2.98. The van der Waals surface area contributed by atoms with Gasteiger partial charge in [-0.25, -0.2) is 0 Å². The van der Waals surface area contributed by atoms with Gasteiger partial charge in [0, 0.05) is 16.6 Å². The van der Waals surface area contributed by atoms with Crippen LogP contribution in [0.25, 0.3) is 5.76 Å². The van der Waals surface area contributed by atoms with Crippen molar-refractivity contribution in [1.82, 2.24) is 4.90 Å². The third kappa shape index (κ3) is 4.87. The fourth-order valence-electron chi connectivity index (χ4n) is 3.50. The number of aliphatic hydroxyl groups is 1. The largest absolute Gasteiger partial charge is 0.507 e. The van der Waals surface area contributed by atoms with Crippen LogP contribution in [0.4, 0.5) is 0 Å². The van der Waals surface area contributed by atoms with Gasteiger partial charge >= 0.3 is 0 Å². The first kappa shape index (κ1) is 23.1. The predicted molar refractivity (Wildman–Crippen MR) is 120 cm³/mol. The molecule has 0 saturated carbocycles. The Hall–Kier alpha value is -2.54. The predicted octanol–water partition coefficient (Wildman–Crippen LogP) is 4.85. The molecule has 31 heavy (non-hydrogen) atoms. The van der Waals surface area contributed by atoms with E-state index >= 15 is 0 Å². The summed E-state index contributed by atoms with van der Waals surface area (Å²) in [4.78, 5) is 27.3. The fraction of sp³-hybridized carbons (Fsp3) is 0.304. The summed E-state index contributed by atoms with van der Waals surface area (Å²) in [5, 5.41) is 12.0. The monoisotopic (exact) mass is 463 g/mol. The van der Waals surface area contributed by atoms with E-state index in [4.69, 9.17) is 32.7 Å². The second-order valence-corrected chi connectivity index (χ2v) is 8.18. The number of ether oxygens (including phenoxy) is 2. The second kappa shape index (κ2) is 9.73. The average molecular weight is 464 g/mol. The number of aliphatic hydroxyl groups excluding tert-OH is 1. The number of ketones is 1. The van der Waals surface area contributed by atoms with Gasteiger partial charge in [0.05, 0.1) is 37.0 Å². The summed E-state index contributed by atoms with van der Waals surface area (Å²) in [5.41, 5.74) is 0.818. The SMILES string of the molecule is COc1ccc(Cl)cc1/C(O)=C1\C(=O)C(=O)N(CCOC(C)C)C1c1ccc(Cl)cc1. The Morgan fingerprint density at radius 1 is 1.10 bits per heavy atom. The highest BCUT2D eigenvalue weighted by atomic mass is 35.5. The number of nitrogens with zero attached hydrogens (tertiary/aromatic N) is 1. The van der Waals surface area contributed by atoms with Crippen molar-refractivity contribution in [1.29, 1.82) is 0 Å². The first-order chi connectivity index (χ1) is 14.7. The quantitative estimate of drug-likeness (QED) is 0.360. The molecule has 1 unspecified atom stereocenters. The van der Waals surface area contributed by atoms with Crippen LogP contribution in [0, 0.1) is 0 Å². The van der Waals surface area contributed by atoms with Crippen molar-refractivity contribution < 1.29 is 24.2 Å². The molecule has 1 aliphatic rings. The van der Waals surface area contributed by atoms with Gasteiger partial charge in [0.2, 0.25) is 0 Å². The van der Waals surface area contributed by atoms with Crippen LogP contribution in [0.3, 0.4) is 0 Å². The van der Waals surface area contributed by atoms with Crippen molar-refractivity contribution in [3.63, 3.8) is 0 Å². The van der Waals surface area contributed by atoms with Crippen molar-refractivity contribution in [2.45, 2.75) is 26.0 Å².